The SMILES string of the molecule is CC(O)c1ccccc1Oc1cccc(Br)c1. The molecule has 0 saturated heterocycles. The molecule has 0 aromatic heterocycles. The number of aliphatic hydroxyl groups is 1. The van der Waals surface area contributed by atoms with Crippen molar-refractivity contribution in [3.8, 4) is 11.5 Å². The maximum atomic E-state index is 9.65. The number of rotatable bonds is 3. The fourth-order valence-electron chi connectivity index (χ4n) is 1.58. The highest BCUT2D eigenvalue weighted by Gasteiger charge is 2.08. The lowest BCUT2D eigenvalue weighted by molar-refractivity contribution is 0.195. The van der Waals surface area contributed by atoms with E-state index >= 15 is 0 Å². The van der Waals surface area contributed by atoms with Crippen molar-refractivity contribution in [2.24, 2.45) is 0 Å². The second-order valence-electron chi connectivity index (χ2n) is 3.77. The summed E-state index contributed by atoms with van der Waals surface area (Å²) >= 11 is 3.39. The van der Waals surface area contributed by atoms with Gasteiger partial charge in [0.2, 0.25) is 0 Å². The molecule has 0 bridgehead atoms. The second kappa shape index (κ2) is 5.34. The van der Waals surface area contributed by atoms with Crippen LogP contribution in [-0.4, -0.2) is 5.11 Å². The zero-order chi connectivity index (χ0) is 12.3. The Morgan fingerprint density at radius 2 is 1.88 bits per heavy atom. The smallest absolute Gasteiger partial charge is 0.133 e. The van der Waals surface area contributed by atoms with Crippen LogP contribution in [0.5, 0.6) is 11.5 Å². The van der Waals surface area contributed by atoms with Gasteiger partial charge in [0, 0.05) is 10.0 Å². The maximum absolute atomic E-state index is 9.65. The zero-order valence-electron chi connectivity index (χ0n) is 9.43. The van der Waals surface area contributed by atoms with Crippen LogP contribution in [0.15, 0.2) is 53.0 Å². The fourth-order valence-corrected chi connectivity index (χ4v) is 1.95. The van der Waals surface area contributed by atoms with Crippen LogP contribution in [0.4, 0.5) is 0 Å². The van der Waals surface area contributed by atoms with E-state index in [0.717, 1.165) is 15.8 Å². The lowest BCUT2D eigenvalue weighted by atomic mass is 10.1. The molecular formula is C14H13BrO2. The summed E-state index contributed by atoms with van der Waals surface area (Å²) in [6.07, 6.45) is -0.543. The number of benzene rings is 2. The molecule has 1 N–H and O–H groups in total. The van der Waals surface area contributed by atoms with Crippen molar-refractivity contribution in [3.63, 3.8) is 0 Å². The van der Waals surface area contributed by atoms with Gasteiger partial charge in [0.05, 0.1) is 6.10 Å². The van der Waals surface area contributed by atoms with Gasteiger partial charge in [-0.05, 0) is 31.2 Å². The van der Waals surface area contributed by atoms with E-state index in [9.17, 15) is 5.11 Å². The number of hydrogen-bond donors (Lipinski definition) is 1. The number of halogens is 1. The highest BCUT2D eigenvalue weighted by molar-refractivity contribution is 9.10. The van der Waals surface area contributed by atoms with Gasteiger partial charge < -0.3 is 9.84 Å². The Hall–Kier alpha value is -1.32. The summed E-state index contributed by atoms with van der Waals surface area (Å²) in [7, 11) is 0. The van der Waals surface area contributed by atoms with E-state index in [1.165, 1.54) is 0 Å². The van der Waals surface area contributed by atoms with Crippen LogP contribution >= 0.6 is 15.9 Å². The van der Waals surface area contributed by atoms with Crippen molar-refractivity contribution >= 4 is 15.9 Å². The molecular weight excluding hydrogens is 280 g/mol. The van der Waals surface area contributed by atoms with Gasteiger partial charge in [-0.15, -0.1) is 0 Å². The van der Waals surface area contributed by atoms with Crippen molar-refractivity contribution in [1.29, 1.82) is 0 Å². The molecule has 1 atom stereocenters. The molecule has 2 aromatic rings. The minimum atomic E-state index is -0.543. The summed E-state index contributed by atoms with van der Waals surface area (Å²) in [4.78, 5) is 0. The third kappa shape index (κ3) is 3.08. The molecule has 0 fully saturated rings. The van der Waals surface area contributed by atoms with Crippen molar-refractivity contribution in [3.05, 3.63) is 58.6 Å². The lowest BCUT2D eigenvalue weighted by Gasteiger charge is -2.12. The molecule has 0 saturated carbocycles. The molecule has 0 amide bonds. The van der Waals surface area contributed by atoms with E-state index in [4.69, 9.17) is 4.74 Å². The molecule has 0 heterocycles. The maximum Gasteiger partial charge on any atom is 0.133 e. The summed E-state index contributed by atoms with van der Waals surface area (Å²) in [6.45, 7) is 1.73. The lowest BCUT2D eigenvalue weighted by Crippen LogP contribution is -1.95. The largest absolute Gasteiger partial charge is 0.457 e. The van der Waals surface area contributed by atoms with Gasteiger partial charge in [-0.1, -0.05) is 40.2 Å². The van der Waals surface area contributed by atoms with Crippen molar-refractivity contribution < 1.29 is 9.84 Å². The van der Waals surface area contributed by atoms with Gasteiger partial charge in [0.1, 0.15) is 11.5 Å². The van der Waals surface area contributed by atoms with Crippen LogP contribution in [-0.2, 0) is 0 Å². The van der Waals surface area contributed by atoms with Gasteiger partial charge in [-0.3, -0.25) is 0 Å². The third-order valence-electron chi connectivity index (χ3n) is 2.39. The molecule has 2 aromatic carbocycles. The summed E-state index contributed by atoms with van der Waals surface area (Å²) < 4.78 is 6.72. The minimum Gasteiger partial charge on any atom is -0.457 e. The highest BCUT2D eigenvalue weighted by atomic mass is 79.9. The van der Waals surface area contributed by atoms with Gasteiger partial charge in [-0.2, -0.15) is 0 Å². The van der Waals surface area contributed by atoms with Crippen LogP contribution in [0.25, 0.3) is 0 Å². The van der Waals surface area contributed by atoms with Crippen LogP contribution < -0.4 is 4.74 Å². The Kier molecular flexibility index (Phi) is 3.82. The molecule has 2 nitrogen and oxygen atoms in total. The Morgan fingerprint density at radius 1 is 1.12 bits per heavy atom. The van der Waals surface area contributed by atoms with E-state index in [1.807, 2.05) is 48.5 Å². The Labute approximate surface area is 109 Å². The molecule has 0 aliphatic carbocycles. The second-order valence-corrected chi connectivity index (χ2v) is 4.69. The first kappa shape index (κ1) is 12.1. The summed E-state index contributed by atoms with van der Waals surface area (Å²) in [5, 5.41) is 9.65. The first-order valence-electron chi connectivity index (χ1n) is 5.37. The minimum absolute atomic E-state index is 0.543. The van der Waals surface area contributed by atoms with E-state index in [1.54, 1.807) is 6.92 Å². The van der Waals surface area contributed by atoms with E-state index in [-0.39, 0.29) is 0 Å². The molecule has 0 radical (unpaired) electrons. The first-order valence-corrected chi connectivity index (χ1v) is 6.16. The molecule has 0 spiro atoms. The molecule has 1 unspecified atom stereocenters. The third-order valence-corrected chi connectivity index (χ3v) is 2.89. The van der Waals surface area contributed by atoms with Crippen molar-refractivity contribution in [2.45, 2.75) is 13.0 Å². The molecule has 0 aliphatic rings. The summed E-state index contributed by atoms with van der Waals surface area (Å²) in [6, 6.07) is 15.1. The number of ether oxygens (including phenoxy) is 1. The van der Waals surface area contributed by atoms with E-state index < -0.39 is 6.10 Å². The number of para-hydroxylation sites is 1. The van der Waals surface area contributed by atoms with Gasteiger partial charge >= 0.3 is 0 Å². The van der Waals surface area contributed by atoms with Crippen LogP contribution in [0.3, 0.4) is 0 Å². The topological polar surface area (TPSA) is 29.5 Å². The normalized spacial score (nSPS) is 12.2. The van der Waals surface area contributed by atoms with Crippen LogP contribution in [0.2, 0.25) is 0 Å². The Balaban J connectivity index is 2.30. The number of aliphatic hydroxyl groups excluding tert-OH is 1. The standard InChI is InChI=1S/C14H13BrO2/c1-10(16)13-7-2-3-8-14(13)17-12-6-4-5-11(15)9-12/h2-10,16H,1H3. The fraction of sp³-hybridized carbons (Fsp3) is 0.143. The first-order chi connectivity index (χ1) is 8.16. The Bertz CT molecular complexity index is 509. The highest BCUT2D eigenvalue weighted by Crippen LogP contribution is 2.30. The summed E-state index contributed by atoms with van der Waals surface area (Å²) in [5.74, 6) is 1.42. The summed E-state index contributed by atoms with van der Waals surface area (Å²) in [5.41, 5.74) is 0.785. The average molecular weight is 293 g/mol. The van der Waals surface area contributed by atoms with Crippen LogP contribution in [0.1, 0.15) is 18.6 Å². The zero-order valence-corrected chi connectivity index (χ0v) is 11.0. The van der Waals surface area contributed by atoms with Gasteiger partial charge in [0.25, 0.3) is 0 Å². The Morgan fingerprint density at radius 3 is 2.59 bits per heavy atom. The molecule has 88 valence electrons. The van der Waals surface area contributed by atoms with Crippen LogP contribution in [0, 0.1) is 0 Å². The molecule has 2 rings (SSSR count). The van der Waals surface area contributed by atoms with E-state index in [0.29, 0.717) is 5.75 Å². The molecule has 0 aliphatic heterocycles. The van der Waals surface area contributed by atoms with Gasteiger partial charge in [-0.25, -0.2) is 0 Å². The molecule has 3 heteroatoms. The predicted octanol–water partition coefficient (Wildman–Crippen LogP) is 4.29. The number of hydrogen-bond acceptors (Lipinski definition) is 2. The van der Waals surface area contributed by atoms with E-state index in [2.05, 4.69) is 15.9 Å². The molecule has 17 heavy (non-hydrogen) atoms. The van der Waals surface area contributed by atoms with Crippen molar-refractivity contribution in [2.75, 3.05) is 0 Å². The average Bonchev–Trinajstić information content (AvgIpc) is 2.29. The predicted molar refractivity (Wildman–Crippen MR) is 71.3 cm³/mol. The van der Waals surface area contributed by atoms with Crippen molar-refractivity contribution in [1.82, 2.24) is 0 Å². The monoisotopic (exact) mass is 292 g/mol. The van der Waals surface area contributed by atoms with Gasteiger partial charge in [0.15, 0.2) is 0 Å². The quantitative estimate of drug-likeness (QED) is 0.914.